The maximum absolute atomic E-state index is 12.2. The van der Waals surface area contributed by atoms with Crippen molar-refractivity contribution < 1.29 is 24.0 Å². The number of nitro benzene ring substituents is 1. The molecular weight excluding hydrogens is 442 g/mol. The Kier molecular flexibility index (Phi) is 7.11. The molecule has 0 saturated carbocycles. The van der Waals surface area contributed by atoms with Crippen molar-refractivity contribution in [3.8, 4) is 0 Å². The van der Waals surface area contributed by atoms with E-state index in [0.717, 1.165) is 23.5 Å². The first-order valence-electron chi connectivity index (χ1n) is 8.78. The van der Waals surface area contributed by atoms with Crippen molar-refractivity contribution in [3.63, 3.8) is 0 Å². The van der Waals surface area contributed by atoms with E-state index in [-0.39, 0.29) is 16.8 Å². The quantitative estimate of drug-likeness (QED) is 0.324. The van der Waals surface area contributed by atoms with Gasteiger partial charge in [-0.25, -0.2) is 9.78 Å². The zero-order valence-electron chi connectivity index (χ0n) is 16.1. The largest absolute Gasteiger partial charge is 0.452 e. The molecule has 0 bridgehead atoms. The average molecular weight is 457 g/mol. The van der Waals surface area contributed by atoms with Crippen LogP contribution in [0.2, 0.25) is 0 Å². The fraction of sp³-hybridized carbons (Fsp3) is 0.100. The molecule has 0 aliphatic heterocycles. The smallest absolute Gasteiger partial charge is 0.338 e. The standard InChI is InChI=1S/C20H15N3O6S2/c1-12-11-30-20(21-12)31-16-8-7-14(9-15(16)23(27)28)19(26)29-10-17(24)22-18(25)13-5-3-2-4-6-13/h2-9,11H,10H2,1H3,(H,22,24,25). The molecular formula is C20H15N3O6S2. The highest BCUT2D eigenvalue weighted by Gasteiger charge is 2.21. The Labute approximate surface area is 184 Å². The second-order valence-electron chi connectivity index (χ2n) is 6.12. The SMILES string of the molecule is Cc1csc(Sc2ccc(C(=O)OCC(=O)NC(=O)c3ccccc3)cc2[N+](=O)[O-])n1. The second-order valence-corrected chi connectivity index (χ2v) is 8.26. The minimum Gasteiger partial charge on any atom is -0.452 e. The van der Waals surface area contributed by atoms with Gasteiger partial charge in [0.1, 0.15) is 0 Å². The fourth-order valence-electron chi connectivity index (χ4n) is 2.39. The third-order valence-electron chi connectivity index (χ3n) is 3.81. The van der Waals surface area contributed by atoms with Crippen LogP contribution >= 0.6 is 23.1 Å². The maximum atomic E-state index is 12.2. The van der Waals surface area contributed by atoms with E-state index in [9.17, 15) is 24.5 Å². The molecule has 1 N–H and O–H groups in total. The maximum Gasteiger partial charge on any atom is 0.338 e. The van der Waals surface area contributed by atoms with Gasteiger partial charge >= 0.3 is 5.97 Å². The zero-order chi connectivity index (χ0) is 22.4. The summed E-state index contributed by atoms with van der Waals surface area (Å²) < 4.78 is 5.51. The summed E-state index contributed by atoms with van der Waals surface area (Å²) in [6.07, 6.45) is 0. The average Bonchev–Trinajstić information content (AvgIpc) is 3.17. The molecule has 0 aliphatic rings. The molecule has 31 heavy (non-hydrogen) atoms. The molecule has 3 rings (SSSR count). The highest BCUT2D eigenvalue weighted by atomic mass is 32.2. The van der Waals surface area contributed by atoms with E-state index < -0.39 is 29.3 Å². The molecule has 158 valence electrons. The van der Waals surface area contributed by atoms with Crippen molar-refractivity contribution in [2.45, 2.75) is 16.2 Å². The number of imide groups is 1. The van der Waals surface area contributed by atoms with Crippen LogP contribution < -0.4 is 5.32 Å². The number of carbonyl (C=O) groups excluding carboxylic acids is 3. The molecule has 1 aromatic heterocycles. The number of nitrogens with zero attached hydrogens (tertiary/aromatic N) is 2. The van der Waals surface area contributed by atoms with Gasteiger partial charge in [0.15, 0.2) is 10.9 Å². The van der Waals surface area contributed by atoms with Gasteiger partial charge in [0.25, 0.3) is 17.5 Å². The number of aromatic nitrogens is 1. The molecule has 1 heterocycles. The van der Waals surface area contributed by atoms with Crippen LogP contribution in [0.3, 0.4) is 0 Å². The Morgan fingerprint density at radius 1 is 1.16 bits per heavy atom. The monoisotopic (exact) mass is 457 g/mol. The van der Waals surface area contributed by atoms with Crippen molar-refractivity contribution in [2.24, 2.45) is 0 Å². The van der Waals surface area contributed by atoms with Crippen LogP contribution in [-0.4, -0.2) is 34.3 Å². The molecule has 0 unspecified atom stereocenters. The van der Waals surface area contributed by atoms with Crippen molar-refractivity contribution in [3.05, 3.63) is 80.8 Å². The van der Waals surface area contributed by atoms with E-state index in [1.54, 1.807) is 18.2 Å². The third-order valence-corrected chi connectivity index (χ3v) is 5.93. The van der Waals surface area contributed by atoms with Crippen LogP contribution in [0.15, 0.2) is 63.1 Å². The van der Waals surface area contributed by atoms with Gasteiger partial charge in [-0.3, -0.25) is 25.0 Å². The van der Waals surface area contributed by atoms with E-state index in [2.05, 4.69) is 10.3 Å². The van der Waals surface area contributed by atoms with Crippen molar-refractivity contribution in [1.82, 2.24) is 10.3 Å². The summed E-state index contributed by atoms with van der Waals surface area (Å²) in [5, 5.41) is 15.4. The van der Waals surface area contributed by atoms with E-state index in [4.69, 9.17) is 4.74 Å². The topological polar surface area (TPSA) is 128 Å². The zero-order valence-corrected chi connectivity index (χ0v) is 17.7. The molecule has 0 radical (unpaired) electrons. The Bertz CT molecular complexity index is 1150. The molecule has 0 spiro atoms. The minimum atomic E-state index is -0.924. The molecule has 2 amide bonds. The predicted molar refractivity (Wildman–Crippen MR) is 113 cm³/mol. The molecule has 9 nitrogen and oxygen atoms in total. The lowest BCUT2D eigenvalue weighted by Crippen LogP contribution is -2.34. The van der Waals surface area contributed by atoms with Crippen LogP contribution in [0.25, 0.3) is 0 Å². The first-order chi connectivity index (χ1) is 14.8. The van der Waals surface area contributed by atoms with Crippen LogP contribution in [0.5, 0.6) is 0 Å². The van der Waals surface area contributed by atoms with E-state index in [0.29, 0.717) is 9.24 Å². The summed E-state index contributed by atoms with van der Waals surface area (Å²) in [6, 6.07) is 11.9. The van der Waals surface area contributed by atoms with E-state index in [1.807, 2.05) is 12.3 Å². The first kappa shape index (κ1) is 22.1. The van der Waals surface area contributed by atoms with Gasteiger partial charge < -0.3 is 4.74 Å². The number of nitro groups is 1. The minimum absolute atomic E-state index is 0.0893. The molecule has 0 fully saturated rings. The fourth-order valence-corrected chi connectivity index (χ4v) is 4.26. The highest BCUT2D eigenvalue weighted by molar-refractivity contribution is 8.01. The summed E-state index contributed by atoms with van der Waals surface area (Å²) in [6.45, 7) is 1.11. The molecule has 11 heteroatoms. The van der Waals surface area contributed by atoms with Crippen LogP contribution in [0, 0.1) is 17.0 Å². The van der Waals surface area contributed by atoms with Crippen LogP contribution in [-0.2, 0) is 9.53 Å². The highest BCUT2D eigenvalue weighted by Crippen LogP contribution is 2.36. The summed E-state index contributed by atoms with van der Waals surface area (Å²) in [5.74, 6) is -2.37. The van der Waals surface area contributed by atoms with Gasteiger partial charge in [0.2, 0.25) is 0 Å². The van der Waals surface area contributed by atoms with Crippen LogP contribution in [0.1, 0.15) is 26.4 Å². The number of amides is 2. The Balaban J connectivity index is 1.63. The van der Waals surface area contributed by atoms with Gasteiger partial charge in [-0.15, -0.1) is 11.3 Å². The van der Waals surface area contributed by atoms with Gasteiger partial charge in [0.05, 0.1) is 15.4 Å². The summed E-state index contributed by atoms with van der Waals surface area (Å²) in [4.78, 5) is 51.4. The van der Waals surface area contributed by atoms with Crippen LogP contribution in [0.4, 0.5) is 5.69 Å². The van der Waals surface area contributed by atoms with Crippen molar-refractivity contribution in [1.29, 1.82) is 0 Å². The lowest BCUT2D eigenvalue weighted by molar-refractivity contribution is -0.387. The van der Waals surface area contributed by atoms with Gasteiger partial charge in [-0.1, -0.05) is 30.0 Å². The van der Waals surface area contributed by atoms with Gasteiger partial charge in [0, 0.05) is 22.7 Å². The number of ether oxygens (including phenoxy) is 1. The first-order valence-corrected chi connectivity index (χ1v) is 10.5. The number of carbonyl (C=O) groups is 3. The summed E-state index contributed by atoms with van der Waals surface area (Å²) in [7, 11) is 0. The molecule has 0 atom stereocenters. The number of aryl methyl sites for hydroxylation is 1. The normalized spacial score (nSPS) is 10.4. The second kappa shape index (κ2) is 9.96. The number of esters is 1. The van der Waals surface area contributed by atoms with E-state index >= 15 is 0 Å². The summed E-state index contributed by atoms with van der Waals surface area (Å²) >= 11 is 2.47. The van der Waals surface area contributed by atoms with Crippen molar-refractivity contribution >= 4 is 46.6 Å². The molecule has 0 aliphatic carbocycles. The number of hydrogen-bond donors (Lipinski definition) is 1. The lowest BCUT2D eigenvalue weighted by atomic mass is 10.2. The number of benzene rings is 2. The van der Waals surface area contributed by atoms with Gasteiger partial charge in [-0.05, 0) is 31.2 Å². The van der Waals surface area contributed by atoms with E-state index in [1.165, 1.54) is 35.6 Å². The van der Waals surface area contributed by atoms with Gasteiger partial charge in [-0.2, -0.15) is 0 Å². The lowest BCUT2D eigenvalue weighted by Gasteiger charge is -2.07. The predicted octanol–water partition coefficient (Wildman–Crippen LogP) is 3.62. The summed E-state index contributed by atoms with van der Waals surface area (Å²) in [5.41, 5.74) is 0.713. The molecule has 3 aromatic rings. The number of rotatable bonds is 7. The number of hydrogen-bond acceptors (Lipinski definition) is 9. The number of thiazole rings is 1. The molecule has 0 saturated heterocycles. The number of nitrogens with one attached hydrogen (secondary N) is 1. The Morgan fingerprint density at radius 2 is 1.90 bits per heavy atom. The Hall–Kier alpha value is -3.57. The third kappa shape index (κ3) is 5.96. The van der Waals surface area contributed by atoms with Crippen molar-refractivity contribution in [2.75, 3.05) is 6.61 Å². The Morgan fingerprint density at radius 3 is 2.55 bits per heavy atom. The molecule has 2 aromatic carbocycles.